The number of benzene rings is 1. The molecule has 1 aromatic carbocycles. The normalized spacial score (nSPS) is 14.9. The molecule has 0 aliphatic rings. The first-order valence-electron chi connectivity index (χ1n) is 14.2. The first-order chi connectivity index (χ1) is 18.0. The summed E-state index contributed by atoms with van der Waals surface area (Å²) in [6.45, 7) is 15.3. The van der Waals surface area contributed by atoms with Crippen molar-refractivity contribution < 1.29 is 19.5 Å². The van der Waals surface area contributed by atoms with Gasteiger partial charge in [0, 0.05) is 12.5 Å². The van der Waals surface area contributed by atoms with Gasteiger partial charge in [0.2, 0.25) is 11.8 Å². The Bertz CT molecular complexity index is 812. The lowest BCUT2D eigenvalue weighted by Gasteiger charge is -2.31. The molecule has 0 saturated carbocycles. The Morgan fingerprint density at radius 1 is 1.05 bits per heavy atom. The van der Waals surface area contributed by atoms with Gasteiger partial charge in [-0.2, -0.15) is 0 Å². The minimum Gasteiger partial charge on any atom is -0.391 e. The number of nitrogens with zero attached hydrogens (tertiary/aromatic N) is 1. The zero-order chi connectivity index (χ0) is 28.6. The molecule has 0 fully saturated rings. The van der Waals surface area contributed by atoms with Gasteiger partial charge in [-0.15, -0.1) is 0 Å². The van der Waals surface area contributed by atoms with E-state index in [2.05, 4.69) is 41.6 Å². The molecule has 4 N–H and O–H groups in total. The van der Waals surface area contributed by atoms with Crippen LogP contribution in [0.15, 0.2) is 30.3 Å². The molecule has 2 amide bonds. The molecule has 0 spiro atoms. The van der Waals surface area contributed by atoms with Crippen LogP contribution in [0.3, 0.4) is 0 Å². The van der Waals surface area contributed by atoms with E-state index in [0.29, 0.717) is 19.5 Å². The summed E-state index contributed by atoms with van der Waals surface area (Å²) in [5.74, 6) is -0.590. The summed E-state index contributed by atoms with van der Waals surface area (Å²) in [6.07, 6.45) is 3.71. The molecule has 216 valence electrons. The molecule has 1 rings (SSSR count). The maximum atomic E-state index is 13.3. The Morgan fingerprint density at radius 3 is 2.34 bits per heavy atom. The van der Waals surface area contributed by atoms with E-state index in [-0.39, 0.29) is 35.6 Å². The SMILES string of the molecule is CCN(CCCCCNCC=O)[C@@H](C)C(=O)N[C@@H](Cc1ccccc1)[C@@H](O)C[C@@H](C)C(=O)NCC(C)(C)C. The van der Waals surface area contributed by atoms with Crippen LogP contribution in [0, 0.1) is 11.3 Å². The molecule has 0 saturated heterocycles. The van der Waals surface area contributed by atoms with Gasteiger partial charge in [0.05, 0.1) is 24.7 Å². The molecule has 8 nitrogen and oxygen atoms in total. The number of aliphatic hydroxyl groups excluding tert-OH is 1. The number of hydrogen-bond acceptors (Lipinski definition) is 6. The van der Waals surface area contributed by atoms with E-state index in [1.807, 2.05) is 51.1 Å². The zero-order valence-corrected chi connectivity index (χ0v) is 24.5. The lowest BCUT2D eigenvalue weighted by Crippen LogP contribution is -2.53. The Kier molecular flexibility index (Phi) is 16.1. The van der Waals surface area contributed by atoms with Crippen LogP contribution in [-0.2, 0) is 20.8 Å². The topological polar surface area (TPSA) is 111 Å². The highest BCUT2D eigenvalue weighted by atomic mass is 16.3. The lowest BCUT2D eigenvalue weighted by molar-refractivity contribution is -0.128. The molecule has 4 atom stereocenters. The fourth-order valence-electron chi connectivity index (χ4n) is 4.31. The highest BCUT2D eigenvalue weighted by Gasteiger charge is 2.29. The van der Waals surface area contributed by atoms with Gasteiger partial charge in [0.25, 0.3) is 0 Å². The van der Waals surface area contributed by atoms with Gasteiger partial charge in [-0.05, 0) is 63.2 Å². The Hall–Kier alpha value is -2.29. The number of carbonyl (C=O) groups is 3. The molecule has 0 bridgehead atoms. The zero-order valence-electron chi connectivity index (χ0n) is 24.5. The first-order valence-corrected chi connectivity index (χ1v) is 14.2. The van der Waals surface area contributed by atoms with E-state index < -0.39 is 12.1 Å². The van der Waals surface area contributed by atoms with Crippen molar-refractivity contribution in [1.29, 1.82) is 0 Å². The molecule has 8 heteroatoms. The maximum absolute atomic E-state index is 13.3. The van der Waals surface area contributed by atoms with Crippen molar-refractivity contribution in [2.75, 3.05) is 32.7 Å². The molecule has 0 aromatic heterocycles. The van der Waals surface area contributed by atoms with Crippen LogP contribution in [-0.4, -0.2) is 79.0 Å². The first kappa shape index (κ1) is 33.7. The smallest absolute Gasteiger partial charge is 0.237 e. The second-order valence-electron chi connectivity index (χ2n) is 11.5. The summed E-state index contributed by atoms with van der Waals surface area (Å²) in [5, 5.41) is 20.3. The Morgan fingerprint density at radius 2 is 1.74 bits per heavy atom. The molecule has 0 radical (unpaired) electrons. The van der Waals surface area contributed by atoms with Crippen LogP contribution >= 0.6 is 0 Å². The fourth-order valence-corrected chi connectivity index (χ4v) is 4.31. The number of hydrogen-bond donors (Lipinski definition) is 4. The molecular weight excluding hydrogens is 480 g/mol. The van der Waals surface area contributed by atoms with E-state index in [1.165, 1.54) is 0 Å². The largest absolute Gasteiger partial charge is 0.391 e. The lowest BCUT2D eigenvalue weighted by atomic mass is 9.92. The molecule has 0 aliphatic carbocycles. The molecule has 0 heterocycles. The third kappa shape index (κ3) is 14.0. The highest BCUT2D eigenvalue weighted by molar-refractivity contribution is 5.81. The third-order valence-electron chi connectivity index (χ3n) is 6.79. The highest BCUT2D eigenvalue weighted by Crippen LogP contribution is 2.16. The van der Waals surface area contributed by atoms with Gasteiger partial charge in [-0.3, -0.25) is 14.5 Å². The second-order valence-corrected chi connectivity index (χ2v) is 11.5. The van der Waals surface area contributed by atoms with E-state index in [0.717, 1.165) is 50.7 Å². The van der Waals surface area contributed by atoms with Gasteiger partial charge in [0.15, 0.2) is 0 Å². The summed E-state index contributed by atoms with van der Waals surface area (Å²) < 4.78 is 0. The predicted molar refractivity (Wildman–Crippen MR) is 154 cm³/mol. The fraction of sp³-hybridized carbons (Fsp3) is 0.700. The van der Waals surface area contributed by atoms with Crippen molar-refractivity contribution in [2.24, 2.45) is 11.3 Å². The van der Waals surface area contributed by atoms with Crippen LogP contribution in [0.4, 0.5) is 0 Å². The summed E-state index contributed by atoms with van der Waals surface area (Å²) in [5.41, 5.74) is 0.997. The number of carbonyl (C=O) groups excluding carboxylic acids is 3. The van der Waals surface area contributed by atoms with Crippen molar-refractivity contribution in [1.82, 2.24) is 20.9 Å². The maximum Gasteiger partial charge on any atom is 0.237 e. The van der Waals surface area contributed by atoms with Crippen LogP contribution in [0.1, 0.15) is 72.8 Å². The van der Waals surface area contributed by atoms with Crippen molar-refractivity contribution in [3.05, 3.63) is 35.9 Å². The minimum atomic E-state index is -0.865. The number of aldehydes is 1. The van der Waals surface area contributed by atoms with E-state index >= 15 is 0 Å². The average molecular weight is 533 g/mol. The number of unbranched alkanes of at least 4 members (excludes halogenated alkanes) is 2. The van der Waals surface area contributed by atoms with E-state index in [1.54, 1.807) is 0 Å². The third-order valence-corrected chi connectivity index (χ3v) is 6.79. The molecule has 38 heavy (non-hydrogen) atoms. The average Bonchev–Trinajstić information content (AvgIpc) is 2.88. The monoisotopic (exact) mass is 532 g/mol. The van der Waals surface area contributed by atoms with E-state index in [4.69, 9.17) is 0 Å². The number of aliphatic hydroxyl groups is 1. The number of amides is 2. The van der Waals surface area contributed by atoms with Gasteiger partial charge >= 0.3 is 0 Å². The van der Waals surface area contributed by atoms with Gasteiger partial charge in [-0.25, -0.2) is 0 Å². The van der Waals surface area contributed by atoms with E-state index in [9.17, 15) is 19.5 Å². The van der Waals surface area contributed by atoms with Crippen LogP contribution in [0.2, 0.25) is 0 Å². The number of nitrogens with one attached hydrogen (secondary N) is 3. The quantitative estimate of drug-likeness (QED) is 0.161. The van der Waals surface area contributed by atoms with Crippen LogP contribution in [0.25, 0.3) is 0 Å². The molecule has 0 aliphatic heterocycles. The predicted octanol–water partition coefficient (Wildman–Crippen LogP) is 2.93. The Balaban J connectivity index is 2.77. The standard InChI is InChI=1S/C30H52N4O4/c1-7-34(18-13-9-12-16-31-17-19-35)24(3)29(38)33-26(21-25-14-10-8-11-15-25)27(36)20-23(2)28(37)32-22-30(4,5)6/h8,10-11,14-15,19,23-24,26-27,31,36H,7,9,12-13,16-18,20-22H2,1-6H3,(H,32,37)(H,33,38)/t23-,24+,26+,27+/m1/s1. The summed E-state index contributed by atoms with van der Waals surface area (Å²) in [7, 11) is 0. The summed E-state index contributed by atoms with van der Waals surface area (Å²) in [6, 6.07) is 8.94. The van der Waals surface area contributed by atoms with Crippen molar-refractivity contribution in [2.45, 2.75) is 91.8 Å². The minimum absolute atomic E-state index is 0.0215. The summed E-state index contributed by atoms with van der Waals surface area (Å²) in [4.78, 5) is 38.5. The van der Waals surface area contributed by atoms with Gasteiger partial charge in [-0.1, -0.05) is 71.4 Å². The van der Waals surface area contributed by atoms with Crippen LogP contribution in [0.5, 0.6) is 0 Å². The van der Waals surface area contributed by atoms with Crippen molar-refractivity contribution >= 4 is 18.1 Å². The van der Waals surface area contributed by atoms with Gasteiger partial charge in [0.1, 0.15) is 6.29 Å². The second kappa shape index (κ2) is 18.1. The molecular formula is C30H52N4O4. The van der Waals surface area contributed by atoms with Crippen LogP contribution < -0.4 is 16.0 Å². The Labute approximate surface area is 230 Å². The van der Waals surface area contributed by atoms with Crippen molar-refractivity contribution in [3.63, 3.8) is 0 Å². The van der Waals surface area contributed by atoms with Gasteiger partial charge < -0.3 is 25.9 Å². The summed E-state index contributed by atoms with van der Waals surface area (Å²) >= 11 is 0. The molecule has 0 unspecified atom stereocenters. The van der Waals surface area contributed by atoms with Crippen molar-refractivity contribution in [3.8, 4) is 0 Å². The number of likely N-dealkylation sites (N-methyl/N-ethyl adjacent to an activating group) is 1. The molecule has 1 aromatic rings. The number of rotatable bonds is 19.